The van der Waals surface area contributed by atoms with E-state index in [4.69, 9.17) is 0 Å². The maximum Gasteiger partial charge on any atom is 0.137 e. The van der Waals surface area contributed by atoms with E-state index in [-0.39, 0.29) is 0 Å². The van der Waals surface area contributed by atoms with Crippen LogP contribution < -0.4 is 5.32 Å². The summed E-state index contributed by atoms with van der Waals surface area (Å²) in [4.78, 5) is 0. The van der Waals surface area contributed by atoms with E-state index in [1.54, 1.807) is 0 Å². The molecule has 0 aliphatic heterocycles. The molecule has 2 aromatic carbocycles. The molecule has 0 aliphatic carbocycles. The first-order chi connectivity index (χ1) is 9.75. The van der Waals surface area contributed by atoms with Gasteiger partial charge in [0.25, 0.3) is 0 Å². The van der Waals surface area contributed by atoms with E-state index < -0.39 is 0 Å². The van der Waals surface area contributed by atoms with Gasteiger partial charge in [0.05, 0.1) is 11.4 Å². The molecule has 3 aromatic rings. The Morgan fingerprint density at radius 3 is 2.10 bits per heavy atom. The molecule has 1 heterocycles. The van der Waals surface area contributed by atoms with E-state index in [1.165, 1.54) is 0 Å². The number of para-hydroxylation sites is 2. The number of anilines is 2. The van der Waals surface area contributed by atoms with Crippen molar-refractivity contribution in [2.75, 3.05) is 5.32 Å². The molecular formula is C17H17N3. The number of nitrogens with one attached hydrogen (secondary N) is 1. The monoisotopic (exact) mass is 263 g/mol. The van der Waals surface area contributed by atoms with Gasteiger partial charge in [-0.05, 0) is 38.1 Å². The number of aromatic nitrogens is 2. The smallest absolute Gasteiger partial charge is 0.137 e. The van der Waals surface area contributed by atoms with Gasteiger partial charge in [-0.1, -0.05) is 36.4 Å². The molecule has 0 atom stereocenters. The van der Waals surface area contributed by atoms with Crippen LogP contribution >= 0.6 is 0 Å². The minimum absolute atomic E-state index is 1.01. The second-order valence-corrected chi connectivity index (χ2v) is 4.80. The lowest BCUT2D eigenvalue weighted by atomic mass is 10.2. The van der Waals surface area contributed by atoms with E-state index in [2.05, 4.69) is 41.6 Å². The molecule has 0 aliphatic rings. The van der Waals surface area contributed by atoms with Crippen LogP contribution in [-0.4, -0.2) is 9.78 Å². The maximum absolute atomic E-state index is 4.63. The van der Waals surface area contributed by atoms with Crippen molar-refractivity contribution < 1.29 is 0 Å². The van der Waals surface area contributed by atoms with Crippen molar-refractivity contribution in [2.45, 2.75) is 13.8 Å². The molecule has 0 unspecified atom stereocenters. The lowest BCUT2D eigenvalue weighted by Crippen LogP contribution is -2.03. The third-order valence-corrected chi connectivity index (χ3v) is 3.40. The highest BCUT2D eigenvalue weighted by Crippen LogP contribution is 2.25. The zero-order valence-electron chi connectivity index (χ0n) is 11.7. The van der Waals surface area contributed by atoms with E-state index in [1.807, 2.05) is 48.0 Å². The summed E-state index contributed by atoms with van der Waals surface area (Å²) in [5.74, 6) is 1.01. The van der Waals surface area contributed by atoms with Gasteiger partial charge >= 0.3 is 0 Å². The Morgan fingerprint density at radius 2 is 1.45 bits per heavy atom. The van der Waals surface area contributed by atoms with Crippen LogP contribution in [0.15, 0.2) is 60.7 Å². The Labute approximate surface area is 118 Å². The van der Waals surface area contributed by atoms with Crippen molar-refractivity contribution in [3.8, 4) is 5.69 Å². The zero-order valence-corrected chi connectivity index (χ0v) is 11.7. The normalized spacial score (nSPS) is 10.5. The summed E-state index contributed by atoms with van der Waals surface area (Å²) in [5, 5.41) is 8.09. The molecule has 0 saturated carbocycles. The lowest BCUT2D eigenvalue weighted by Gasteiger charge is -2.11. The number of hydrogen-bond donors (Lipinski definition) is 1. The molecule has 100 valence electrons. The van der Waals surface area contributed by atoms with Crippen LogP contribution in [0, 0.1) is 13.8 Å². The zero-order chi connectivity index (χ0) is 13.9. The molecule has 0 fully saturated rings. The molecule has 0 radical (unpaired) electrons. The number of aryl methyl sites for hydroxylation is 1. The molecule has 1 aromatic heterocycles. The summed E-state index contributed by atoms with van der Waals surface area (Å²) in [6.45, 7) is 4.12. The Bertz CT molecular complexity index is 700. The molecule has 0 amide bonds. The summed E-state index contributed by atoms with van der Waals surface area (Å²) < 4.78 is 1.96. The Kier molecular flexibility index (Phi) is 3.25. The van der Waals surface area contributed by atoms with Crippen molar-refractivity contribution in [3.05, 3.63) is 71.9 Å². The van der Waals surface area contributed by atoms with Gasteiger partial charge in [0.2, 0.25) is 0 Å². The second kappa shape index (κ2) is 5.21. The minimum atomic E-state index is 1.01. The molecule has 0 bridgehead atoms. The molecule has 3 heteroatoms. The SMILES string of the molecule is Cc1nn(-c2ccccc2)c(Nc2ccccc2)c1C. The van der Waals surface area contributed by atoms with Gasteiger partial charge in [-0.2, -0.15) is 5.10 Å². The fourth-order valence-electron chi connectivity index (χ4n) is 2.17. The van der Waals surface area contributed by atoms with Crippen molar-refractivity contribution in [1.29, 1.82) is 0 Å². The topological polar surface area (TPSA) is 29.9 Å². The van der Waals surface area contributed by atoms with Gasteiger partial charge in [-0.15, -0.1) is 0 Å². The molecular weight excluding hydrogens is 246 g/mol. The van der Waals surface area contributed by atoms with Crippen molar-refractivity contribution in [1.82, 2.24) is 9.78 Å². The third-order valence-electron chi connectivity index (χ3n) is 3.40. The quantitative estimate of drug-likeness (QED) is 0.766. The Balaban J connectivity index is 2.06. The Morgan fingerprint density at radius 1 is 0.850 bits per heavy atom. The van der Waals surface area contributed by atoms with Gasteiger partial charge < -0.3 is 5.32 Å². The van der Waals surface area contributed by atoms with Gasteiger partial charge in [-0.25, -0.2) is 4.68 Å². The molecule has 3 nitrogen and oxygen atoms in total. The van der Waals surface area contributed by atoms with Crippen molar-refractivity contribution in [2.24, 2.45) is 0 Å². The molecule has 3 rings (SSSR count). The van der Waals surface area contributed by atoms with Gasteiger partial charge in [0, 0.05) is 11.3 Å². The van der Waals surface area contributed by atoms with Crippen LogP contribution in [-0.2, 0) is 0 Å². The number of rotatable bonds is 3. The Hall–Kier alpha value is -2.55. The molecule has 0 spiro atoms. The first kappa shape index (κ1) is 12.5. The van der Waals surface area contributed by atoms with Crippen LogP contribution in [0.25, 0.3) is 5.69 Å². The summed E-state index contributed by atoms with van der Waals surface area (Å²) in [5.41, 5.74) is 4.32. The van der Waals surface area contributed by atoms with Gasteiger partial charge in [0.1, 0.15) is 5.82 Å². The predicted molar refractivity (Wildman–Crippen MR) is 82.8 cm³/mol. The highest BCUT2D eigenvalue weighted by molar-refractivity contribution is 5.62. The van der Waals surface area contributed by atoms with Gasteiger partial charge in [-0.3, -0.25) is 0 Å². The number of nitrogens with zero attached hydrogens (tertiary/aromatic N) is 2. The second-order valence-electron chi connectivity index (χ2n) is 4.80. The number of benzene rings is 2. The third kappa shape index (κ3) is 2.30. The molecule has 1 N–H and O–H groups in total. The first-order valence-electron chi connectivity index (χ1n) is 6.69. The highest BCUT2D eigenvalue weighted by atomic mass is 15.3. The van der Waals surface area contributed by atoms with Crippen molar-refractivity contribution >= 4 is 11.5 Å². The van der Waals surface area contributed by atoms with Crippen LogP contribution in [0.5, 0.6) is 0 Å². The summed E-state index contributed by atoms with van der Waals surface area (Å²) in [6, 6.07) is 20.3. The largest absolute Gasteiger partial charge is 0.340 e. The van der Waals surface area contributed by atoms with Crippen LogP contribution in [0.1, 0.15) is 11.3 Å². The highest BCUT2D eigenvalue weighted by Gasteiger charge is 2.12. The first-order valence-corrected chi connectivity index (χ1v) is 6.69. The summed E-state index contributed by atoms with van der Waals surface area (Å²) in [6.07, 6.45) is 0. The van der Waals surface area contributed by atoms with Crippen molar-refractivity contribution in [3.63, 3.8) is 0 Å². The molecule has 0 saturated heterocycles. The van der Waals surface area contributed by atoms with E-state index in [0.29, 0.717) is 0 Å². The summed E-state index contributed by atoms with van der Waals surface area (Å²) >= 11 is 0. The standard InChI is InChI=1S/C17H17N3/c1-13-14(2)19-20(16-11-7-4-8-12-16)17(13)18-15-9-5-3-6-10-15/h3-12,18H,1-2H3. The average molecular weight is 263 g/mol. The van der Waals surface area contributed by atoms with E-state index in [9.17, 15) is 0 Å². The van der Waals surface area contributed by atoms with Crippen LogP contribution in [0.4, 0.5) is 11.5 Å². The van der Waals surface area contributed by atoms with Gasteiger partial charge in [0.15, 0.2) is 0 Å². The van der Waals surface area contributed by atoms with E-state index in [0.717, 1.165) is 28.5 Å². The fraction of sp³-hybridized carbons (Fsp3) is 0.118. The van der Waals surface area contributed by atoms with Crippen LogP contribution in [0.3, 0.4) is 0 Å². The predicted octanol–water partition coefficient (Wildman–Crippen LogP) is 4.23. The fourth-order valence-corrected chi connectivity index (χ4v) is 2.17. The maximum atomic E-state index is 4.63. The molecule has 20 heavy (non-hydrogen) atoms. The minimum Gasteiger partial charge on any atom is -0.340 e. The van der Waals surface area contributed by atoms with E-state index >= 15 is 0 Å². The lowest BCUT2D eigenvalue weighted by molar-refractivity contribution is 0.869. The van der Waals surface area contributed by atoms with Crippen LogP contribution in [0.2, 0.25) is 0 Å². The number of hydrogen-bond acceptors (Lipinski definition) is 2. The average Bonchev–Trinajstić information content (AvgIpc) is 2.78. The summed E-state index contributed by atoms with van der Waals surface area (Å²) in [7, 11) is 0.